The van der Waals surface area contributed by atoms with E-state index >= 15 is 0 Å². The molecule has 0 spiro atoms. The summed E-state index contributed by atoms with van der Waals surface area (Å²) in [6.45, 7) is -1.62. The quantitative estimate of drug-likeness (QED) is 0.339. The van der Waals surface area contributed by atoms with Crippen molar-refractivity contribution >= 4 is 0 Å². The van der Waals surface area contributed by atoms with Gasteiger partial charge in [0.15, 0.2) is 0 Å². The number of aliphatic hydroxyl groups is 4. The molecule has 0 bridgehead atoms. The van der Waals surface area contributed by atoms with E-state index in [0.717, 1.165) is 0 Å². The molecule has 4 N–H and O–H groups in total. The maximum Gasteiger partial charge on any atom is 0.0627 e. The molecule has 0 aromatic rings. The summed E-state index contributed by atoms with van der Waals surface area (Å²) in [5.41, 5.74) is -1.11. The smallest absolute Gasteiger partial charge is 0.0627 e. The average Bonchev–Trinajstić information content (AvgIpc) is 1.95. The first-order chi connectivity index (χ1) is 4.24. The first-order valence-electron chi connectivity index (χ1n) is 2.68. The van der Waals surface area contributed by atoms with Crippen LogP contribution >= 0.6 is 0 Å². The third-order valence-electron chi connectivity index (χ3n) is 1.34. The summed E-state index contributed by atoms with van der Waals surface area (Å²) in [7, 11) is 0. The highest BCUT2D eigenvalue weighted by Crippen LogP contribution is 2.11. The van der Waals surface area contributed by atoms with Gasteiger partial charge in [0.05, 0.1) is 31.8 Å². The van der Waals surface area contributed by atoms with Crippen molar-refractivity contribution in [2.75, 3.05) is 26.4 Å². The Balaban J connectivity index is -0.0000000533. The van der Waals surface area contributed by atoms with Gasteiger partial charge in [0.25, 0.3) is 0 Å². The van der Waals surface area contributed by atoms with Crippen molar-refractivity contribution in [2.24, 2.45) is 5.41 Å². The molecule has 0 saturated heterocycles. The molecule has 0 unspecified atom stereocenters. The molecule has 0 aliphatic carbocycles. The largest absolute Gasteiger partial charge is 1.00 e. The predicted octanol–water partition coefficient (Wildman–Crippen LogP) is -14.0. The van der Waals surface area contributed by atoms with Crippen LogP contribution in [0.2, 0.25) is 0 Å². The minimum absolute atomic E-state index is 0. The van der Waals surface area contributed by atoms with E-state index in [9.17, 15) is 0 Å². The Morgan fingerprint density at radius 1 is 0.538 bits per heavy atom. The van der Waals surface area contributed by atoms with Crippen LogP contribution in [-0.4, -0.2) is 46.9 Å². The van der Waals surface area contributed by atoms with E-state index < -0.39 is 31.8 Å². The Kier molecular flexibility index (Phi) is 36.6. The van der Waals surface area contributed by atoms with Crippen molar-refractivity contribution in [1.82, 2.24) is 0 Å². The van der Waals surface area contributed by atoms with Crippen LogP contribution in [0.15, 0.2) is 0 Å². The Morgan fingerprint density at radius 3 is 0.692 bits per heavy atom. The highest BCUT2D eigenvalue weighted by atomic mass is 79.9. The van der Waals surface area contributed by atoms with Gasteiger partial charge >= 0.3 is 0 Å². The molecule has 0 rings (SSSR count). The van der Waals surface area contributed by atoms with E-state index in [-0.39, 0.29) is 67.9 Å². The molecular weight excluding hydrogens is 444 g/mol. The first-order valence-corrected chi connectivity index (χ1v) is 2.68. The summed E-state index contributed by atoms with van der Waals surface area (Å²) in [4.78, 5) is 0. The Labute approximate surface area is 119 Å². The number of aliphatic hydroxyl groups excluding tert-OH is 4. The molecule has 0 radical (unpaired) electrons. The van der Waals surface area contributed by atoms with Gasteiger partial charge in [0.1, 0.15) is 0 Å². The molecule has 0 aromatic heterocycles. The summed E-state index contributed by atoms with van der Waals surface area (Å²) in [6, 6.07) is 0. The van der Waals surface area contributed by atoms with Crippen LogP contribution in [0.25, 0.3) is 0 Å². The van der Waals surface area contributed by atoms with Crippen LogP contribution in [0.5, 0.6) is 0 Å². The molecule has 0 aliphatic heterocycles. The van der Waals surface area contributed by atoms with E-state index in [0.29, 0.717) is 0 Å². The molecule has 0 fully saturated rings. The molecule has 0 heterocycles. The fourth-order valence-electron chi connectivity index (χ4n) is 0.300. The number of rotatable bonds is 4. The van der Waals surface area contributed by atoms with Crippen molar-refractivity contribution in [1.29, 1.82) is 0 Å². The van der Waals surface area contributed by atoms with Gasteiger partial charge in [-0.25, -0.2) is 0 Å². The zero-order valence-corrected chi connectivity index (χ0v) is 13.0. The highest BCUT2D eigenvalue weighted by Gasteiger charge is 2.26. The fraction of sp³-hybridized carbons (Fsp3) is 1.00. The molecule has 0 aliphatic rings. The number of halogens is 4. The second-order valence-corrected chi connectivity index (χ2v) is 2.13. The number of hydrogen-bond donors (Lipinski definition) is 4. The van der Waals surface area contributed by atoms with Gasteiger partial charge in [-0.05, 0) is 0 Å². The Morgan fingerprint density at radius 2 is 0.692 bits per heavy atom. The number of hydrogen-bond acceptors (Lipinski definition) is 4. The summed E-state index contributed by atoms with van der Waals surface area (Å²) < 4.78 is 0. The van der Waals surface area contributed by atoms with Crippen molar-refractivity contribution in [3.8, 4) is 0 Å². The van der Waals surface area contributed by atoms with Gasteiger partial charge in [-0.1, -0.05) is 0 Å². The molecular formula is C5H12Br4O4-4. The summed E-state index contributed by atoms with van der Waals surface area (Å²) in [5, 5.41) is 34.0. The van der Waals surface area contributed by atoms with Gasteiger partial charge in [0, 0.05) is 0 Å². The van der Waals surface area contributed by atoms with Crippen LogP contribution < -0.4 is 67.9 Å². The van der Waals surface area contributed by atoms with Crippen LogP contribution in [0.4, 0.5) is 0 Å². The maximum atomic E-state index is 8.50. The second kappa shape index (κ2) is 16.2. The third kappa shape index (κ3) is 10.1. The Hall–Kier alpha value is 1.76. The van der Waals surface area contributed by atoms with Gasteiger partial charge < -0.3 is 88.4 Å². The van der Waals surface area contributed by atoms with E-state index in [4.69, 9.17) is 20.4 Å². The van der Waals surface area contributed by atoms with Crippen molar-refractivity contribution in [3.63, 3.8) is 0 Å². The van der Waals surface area contributed by atoms with Gasteiger partial charge in [-0.15, -0.1) is 0 Å². The van der Waals surface area contributed by atoms with Crippen molar-refractivity contribution in [3.05, 3.63) is 0 Å². The maximum absolute atomic E-state index is 8.50. The molecule has 0 atom stereocenters. The average molecular weight is 456 g/mol. The lowest BCUT2D eigenvalue weighted by Crippen LogP contribution is -3.00. The topological polar surface area (TPSA) is 80.9 Å². The zero-order chi connectivity index (χ0) is 7.33. The summed E-state index contributed by atoms with van der Waals surface area (Å²) >= 11 is 0. The molecule has 0 amide bonds. The van der Waals surface area contributed by atoms with Gasteiger partial charge in [0.2, 0.25) is 0 Å². The molecule has 88 valence electrons. The van der Waals surface area contributed by atoms with Crippen molar-refractivity contribution in [2.45, 2.75) is 0 Å². The van der Waals surface area contributed by atoms with Crippen LogP contribution in [0, 0.1) is 5.41 Å². The lowest BCUT2D eigenvalue weighted by Gasteiger charge is -2.23. The van der Waals surface area contributed by atoms with E-state index in [2.05, 4.69) is 0 Å². The standard InChI is InChI=1S/C5H12O4.4BrH/c6-1-5(2-7,3-8)4-9;;;;/h6-9H,1-4H2;4*1H/p-4. The van der Waals surface area contributed by atoms with Crippen LogP contribution in [-0.2, 0) is 0 Å². The predicted molar refractivity (Wildman–Crippen MR) is 30.8 cm³/mol. The minimum atomic E-state index is -1.11. The highest BCUT2D eigenvalue weighted by molar-refractivity contribution is 4.74. The summed E-state index contributed by atoms with van der Waals surface area (Å²) in [6.07, 6.45) is 0. The molecule has 4 nitrogen and oxygen atoms in total. The van der Waals surface area contributed by atoms with Crippen LogP contribution in [0.3, 0.4) is 0 Å². The van der Waals surface area contributed by atoms with Gasteiger partial charge in [-0.2, -0.15) is 0 Å². The fourth-order valence-corrected chi connectivity index (χ4v) is 0.300. The second-order valence-electron chi connectivity index (χ2n) is 2.13. The molecule has 0 aromatic carbocycles. The third-order valence-corrected chi connectivity index (χ3v) is 1.34. The van der Waals surface area contributed by atoms with Crippen molar-refractivity contribution < 1.29 is 88.4 Å². The summed E-state index contributed by atoms with van der Waals surface area (Å²) in [5.74, 6) is 0. The van der Waals surface area contributed by atoms with Gasteiger partial charge in [-0.3, -0.25) is 0 Å². The zero-order valence-electron chi connectivity index (χ0n) is 6.63. The SMILES string of the molecule is OCC(CO)(CO)CO.[Br-].[Br-].[Br-].[Br-]. The first kappa shape index (κ1) is 29.3. The monoisotopic (exact) mass is 452 g/mol. The Bertz CT molecular complexity index is 63.4. The van der Waals surface area contributed by atoms with Crippen LogP contribution in [0.1, 0.15) is 0 Å². The lowest BCUT2D eigenvalue weighted by molar-refractivity contribution is -0.0328. The van der Waals surface area contributed by atoms with E-state index in [1.807, 2.05) is 0 Å². The lowest BCUT2D eigenvalue weighted by atomic mass is 9.93. The van der Waals surface area contributed by atoms with E-state index in [1.54, 1.807) is 0 Å². The normalized spacial score (nSPS) is 8.31. The molecule has 0 saturated carbocycles. The molecule has 13 heavy (non-hydrogen) atoms. The van der Waals surface area contributed by atoms with E-state index in [1.165, 1.54) is 0 Å². The molecule has 8 heteroatoms. The minimum Gasteiger partial charge on any atom is -1.00 e.